The zero-order chi connectivity index (χ0) is 10.4. The first-order chi connectivity index (χ1) is 5.18. The molecule has 0 aliphatic heterocycles. The van der Waals surface area contributed by atoms with Gasteiger partial charge in [0.25, 0.3) is 0 Å². The molecule has 0 saturated carbocycles. The van der Waals surface area contributed by atoms with Crippen LogP contribution in [0.15, 0.2) is 0 Å². The van der Waals surface area contributed by atoms with Crippen molar-refractivity contribution >= 4 is 13.8 Å². The molecular weight excluding hydrogens is 195 g/mol. The average Bonchev–Trinajstić information content (AvgIpc) is 1.82. The fraction of sp³-hybridized carbons (Fsp3) is 0.667. The molecule has 0 heterocycles. The van der Waals surface area contributed by atoms with E-state index in [-0.39, 0.29) is 0 Å². The molecule has 8 nitrogen and oxygen atoms in total. The fourth-order valence-corrected chi connectivity index (χ4v) is 0.0745. The molecule has 0 rings (SSSR count). The number of carboxylic acids is 1. The third-order valence-corrected chi connectivity index (χ3v) is 0.445. The van der Waals surface area contributed by atoms with Gasteiger partial charge in [0.05, 0.1) is 12.6 Å². The normalized spacial score (nSPS) is 12.8. The monoisotopic (exact) mass is 200 g/mol. The second-order valence-electron chi connectivity index (χ2n) is 1.46. The van der Waals surface area contributed by atoms with Gasteiger partial charge in [-0.3, -0.25) is 0 Å². The van der Waals surface area contributed by atoms with Gasteiger partial charge in [-0.1, -0.05) is 0 Å². The zero-order valence-electron chi connectivity index (χ0n) is 5.58. The van der Waals surface area contributed by atoms with E-state index < -0.39 is 26.5 Å². The number of rotatable bonds is 2. The summed E-state index contributed by atoms with van der Waals surface area (Å²) in [6.45, 7) is -0.789. The predicted molar refractivity (Wildman–Crippen MR) is 25.7 cm³/mol. The van der Waals surface area contributed by atoms with Crippen molar-refractivity contribution in [3.63, 3.8) is 0 Å². The van der Waals surface area contributed by atoms with E-state index in [4.69, 9.17) is 29.5 Å². The highest BCUT2D eigenvalue weighted by atomic mass is 31.2. The Kier molecular flexibility index (Phi) is 7.10. The van der Waals surface area contributed by atoms with Crippen LogP contribution in [-0.2, 0) is 9.36 Å². The lowest BCUT2D eigenvalue weighted by atomic mass is 10.4. The van der Waals surface area contributed by atoms with Crippen molar-refractivity contribution in [1.29, 1.82) is 0 Å². The molecule has 0 aliphatic carbocycles. The van der Waals surface area contributed by atoms with Crippen LogP contribution in [0.3, 0.4) is 0 Å². The topological polar surface area (TPSA) is 167 Å². The summed E-state index contributed by atoms with van der Waals surface area (Å²) in [6.07, 6.45) is -1.74. The standard InChI is InChI=1S/C3H6O4.H3O4P/c4-1-2(5)3(6)7;1-5(2,3)4/h2,4-5H,1H2,(H,6,7);(H3,1,2,3,4)/p-4. The fourth-order valence-electron chi connectivity index (χ4n) is 0.0745. The number of phosphoric acid groups is 1. The van der Waals surface area contributed by atoms with Gasteiger partial charge < -0.3 is 39.4 Å². The summed E-state index contributed by atoms with van der Waals surface area (Å²) in [5, 5.41) is 25.3. The molecule has 0 amide bonds. The highest BCUT2D eigenvalue weighted by Crippen LogP contribution is 2.03. The van der Waals surface area contributed by atoms with Gasteiger partial charge in [-0.25, -0.2) is 0 Å². The van der Waals surface area contributed by atoms with E-state index >= 15 is 0 Å². The summed E-state index contributed by atoms with van der Waals surface area (Å²) in [5.41, 5.74) is 0. The molecular formula is C3H5O8P-4. The summed E-state index contributed by atoms with van der Waals surface area (Å²) in [6, 6.07) is 0. The van der Waals surface area contributed by atoms with E-state index in [9.17, 15) is 9.90 Å². The summed E-state index contributed by atoms with van der Waals surface area (Å²) in [4.78, 5) is 35.1. The van der Waals surface area contributed by atoms with Gasteiger partial charge in [-0.2, -0.15) is 7.82 Å². The van der Waals surface area contributed by atoms with Crippen molar-refractivity contribution in [3.05, 3.63) is 0 Å². The van der Waals surface area contributed by atoms with Crippen molar-refractivity contribution in [1.82, 2.24) is 0 Å². The van der Waals surface area contributed by atoms with E-state index in [1.54, 1.807) is 0 Å². The number of aliphatic hydroxyl groups is 2. The van der Waals surface area contributed by atoms with Crippen LogP contribution < -0.4 is 19.8 Å². The SMILES string of the molecule is O=C([O-])C(O)CO.O=P([O-])([O-])[O-]. The van der Waals surface area contributed by atoms with Crippen LogP contribution in [0.25, 0.3) is 0 Å². The lowest BCUT2D eigenvalue weighted by Gasteiger charge is -2.36. The van der Waals surface area contributed by atoms with Crippen LogP contribution in [0.2, 0.25) is 0 Å². The van der Waals surface area contributed by atoms with Crippen molar-refractivity contribution in [2.75, 3.05) is 6.61 Å². The maximum atomic E-state index is 9.41. The minimum atomic E-state index is -5.39. The molecule has 74 valence electrons. The maximum absolute atomic E-state index is 9.41. The van der Waals surface area contributed by atoms with Crippen LogP contribution in [0.4, 0.5) is 0 Å². The molecule has 0 aromatic carbocycles. The van der Waals surface area contributed by atoms with E-state index in [1.165, 1.54) is 0 Å². The highest BCUT2D eigenvalue weighted by Gasteiger charge is 1.98. The Morgan fingerprint density at radius 1 is 1.42 bits per heavy atom. The van der Waals surface area contributed by atoms with Gasteiger partial charge in [0.1, 0.15) is 6.10 Å². The molecule has 0 saturated heterocycles. The van der Waals surface area contributed by atoms with Crippen molar-refractivity contribution in [2.45, 2.75) is 6.10 Å². The first-order valence-electron chi connectivity index (χ1n) is 2.41. The number of aliphatic carboxylic acids is 1. The minimum absolute atomic E-state index is 0.789. The van der Waals surface area contributed by atoms with Crippen LogP contribution in [0.5, 0.6) is 0 Å². The molecule has 1 unspecified atom stereocenters. The van der Waals surface area contributed by atoms with Gasteiger partial charge in [-0.05, 0) is 0 Å². The largest absolute Gasteiger partial charge is 0.822 e. The van der Waals surface area contributed by atoms with Crippen LogP contribution in [0, 0.1) is 0 Å². The molecule has 0 aromatic rings. The molecule has 0 bridgehead atoms. The molecule has 0 aliphatic rings. The molecule has 0 spiro atoms. The molecule has 9 heteroatoms. The lowest BCUT2D eigenvalue weighted by molar-refractivity contribution is -0.432. The first-order valence-corrected chi connectivity index (χ1v) is 3.87. The van der Waals surface area contributed by atoms with Crippen molar-refractivity contribution in [2.24, 2.45) is 0 Å². The third kappa shape index (κ3) is 22.7. The van der Waals surface area contributed by atoms with Crippen LogP contribution in [0.1, 0.15) is 0 Å². The Hall–Kier alpha value is -0.500. The average molecular weight is 200 g/mol. The maximum Gasteiger partial charge on any atom is 0.116 e. The number of aliphatic hydroxyl groups excluding tert-OH is 2. The third-order valence-electron chi connectivity index (χ3n) is 0.445. The highest BCUT2D eigenvalue weighted by molar-refractivity contribution is 7.40. The van der Waals surface area contributed by atoms with Crippen molar-refractivity contribution < 1.29 is 39.4 Å². The summed E-state index contributed by atoms with van der Waals surface area (Å²) >= 11 is 0. The Morgan fingerprint density at radius 3 is 1.67 bits per heavy atom. The molecule has 12 heavy (non-hydrogen) atoms. The van der Waals surface area contributed by atoms with E-state index in [2.05, 4.69) is 0 Å². The van der Waals surface area contributed by atoms with Gasteiger partial charge in [0.2, 0.25) is 0 Å². The summed E-state index contributed by atoms with van der Waals surface area (Å²) in [5.74, 6) is -1.65. The Labute approximate surface area is 67.0 Å². The Bertz CT molecular complexity index is 163. The molecule has 0 radical (unpaired) electrons. The predicted octanol–water partition coefficient (Wildman–Crippen LogP) is -5.74. The van der Waals surface area contributed by atoms with Gasteiger partial charge in [-0.15, -0.1) is 0 Å². The number of carbonyl (C=O) groups is 1. The number of carboxylic acid groups (broad SMARTS) is 1. The zero-order valence-corrected chi connectivity index (χ0v) is 6.47. The quantitative estimate of drug-likeness (QED) is 0.415. The molecule has 2 N–H and O–H groups in total. The minimum Gasteiger partial charge on any atom is -0.822 e. The van der Waals surface area contributed by atoms with Gasteiger partial charge >= 0.3 is 0 Å². The second kappa shape index (κ2) is 6.06. The number of carbonyl (C=O) groups excluding carboxylic acids is 1. The lowest BCUT2D eigenvalue weighted by Crippen LogP contribution is -2.37. The van der Waals surface area contributed by atoms with Crippen LogP contribution in [-0.4, -0.2) is 28.9 Å². The molecule has 0 fully saturated rings. The van der Waals surface area contributed by atoms with Gasteiger partial charge in [0, 0.05) is 0 Å². The number of hydrogen-bond acceptors (Lipinski definition) is 8. The van der Waals surface area contributed by atoms with E-state index in [1.807, 2.05) is 0 Å². The summed E-state index contributed by atoms with van der Waals surface area (Å²) in [7, 11) is -5.39. The summed E-state index contributed by atoms with van der Waals surface area (Å²) < 4.78 is 8.55. The molecule has 1 atom stereocenters. The second-order valence-corrected chi connectivity index (χ2v) is 2.36. The number of hydrogen-bond donors (Lipinski definition) is 2. The Balaban J connectivity index is 0. The van der Waals surface area contributed by atoms with Gasteiger partial charge in [0.15, 0.2) is 0 Å². The smallest absolute Gasteiger partial charge is 0.116 e. The van der Waals surface area contributed by atoms with E-state index in [0.717, 1.165) is 0 Å². The Morgan fingerprint density at radius 2 is 1.67 bits per heavy atom. The molecule has 0 aromatic heterocycles. The van der Waals surface area contributed by atoms with E-state index in [0.29, 0.717) is 0 Å². The first kappa shape index (κ1) is 14.0. The van der Waals surface area contributed by atoms with Crippen molar-refractivity contribution in [3.8, 4) is 0 Å². The van der Waals surface area contributed by atoms with Crippen LogP contribution >= 0.6 is 7.82 Å².